The molecule has 0 bridgehead atoms. The topological polar surface area (TPSA) is 84.4 Å². The Labute approximate surface area is 180 Å². The van der Waals surface area contributed by atoms with Crippen molar-refractivity contribution in [1.82, 2.24) is 14.9 Å². The molecular formula is C24H22N4O3. The molecule has 1 aromatic carbocycles. The highest BCUT2D eigenvalue weighted by atomic mass is 16.6. The van der Waals surface area contributed by atoms with Gasteiger partial charge in [0.05, 0.1) is 17.8 Å². The van der Waals surface area contributed by atoms with Crippen LogP contribution in [0.4, 0.5) is 5.69 Å². The van der Waals surface area contributed by atoms with Crippen molar-refractivity contribution < 1.29 is 14.3 Å². The number of amides is 1. The normalized spacial score (nSPS) is 17.2. The summed E-state index contributed by atoms with van der Waals surface area (Å²) in [6.07, 6.45) is 6.34. The number of nitrogens with zero attached hydrogens (tertiary/aromatic N) is 3. The third-order valence-corrected chi connectivity index (χ3v) is 5.96. The van der Waals surface area contributed by atoms with E-state index in [2.05, 4.69) is 20.2 Å². The molecule has 0 aliphatic carbocycles. The van der Waals surface area contributed by atoms with Gasteiger partial charge in [0.1, 0.15) is 5.60 Å². The fourth-order valence-corrected chi connectivity index (χ4v) is 4.35. The quantitative estimate of drug-likeness (QED) is 0.660. The number of ether oxygens (including phenoxy) is 1. The second-order valence-corrected chi connectivity index (χ2v) is 7.93. The highest BCUT2D eigenvalue weighted by Crippen LogP contribution is 2.43. The number of likely N-dealkylation sites (tertiary alicyclic amines) is 1. The molecule has 7 heteroatoms. The molecule has 7 nitrogen and oxygen atoms in total. The summed E-state index contributed by atoms with van der Waals surface area (Å²) in [7, 11) is 0. The maximum atomic E-state index is 12.6. The molecule has 2 aromatic heterocycles. The van der Waals surface area contributed by atoms with Crippen LogP contribution < -0.4 is 5.32 Å². The van der Waals surface area contributed by atoms with Crippen molar-refractivity contribution in [3.05, 3.63) is 78.2 Å². The van der Waals surface area contributed by atoms with Gasteiger partial charge in [0, 0.05) is 61.3 Å². The predicted octanol–water partition coefficient (Wildman–Crippen LogP) is 3.24. The number of piperidine rings is 1. The van der Waals surface area contributed by atoms with Crippen molar-refractivity contribution in [3.63, 3.8) is 0 Å². The Morgan fingerprint density at radius 1 is 1.10 bits per heavy atom. The van der Waals surface area contributed by atoms with Gasteiger partial charge in [-0.15, -0.1) is 0 Å². The molecule has 0 atom stereocenters. The lowest BCUT2D eigenvalue weighted by atomic mass is 9.85. The van der Waals surface area contributed by atoms with Crippen molar-refractivity contribution in [1.29, 1.82) is 0 Å². The van der Waals surface area contributed by atoms with Crippen LogP contribution in [-0.4, -0.2) is 46.4 Å². The Bertz CT molecular complexity index is 1120. The van der Waals surface area contributed by atoms with Crippen LogP contribution in [0.5, 0.6) is 0 Å². The predicted molar refractivity (Wildman–Crippen MR) is 115 cm³/mol. The van der Waals surface area contributed by atoms with Crippen LogP contribution >= 0.6 is 0 Å². The minimum absolute atomic E-state index is 0.0772. The molecule has 0 saturated carbocycles. The second-order valence-electron chi connectivity index (χ2n) is 7.93. The van der Waals surface area contributed by atoms with Gasteiger partial charge in [-0.1, -0.05) is 30.3 Å². The summed E-state index contributed by atoms with van der Waals surface area (Å²) in [4.78, 5) is 35.5. The number of carbonyl (C=O) groups is 2. The Morgan fingerprint density at radius 2 is 1.90 bits per heavy atom. The molecule has 1 saturated heterocycles. The number of nitrogens with one attached hydrogen (secondary N) is 1. The maximum Gasteiger partial charge on any atom is 0.339 e. The van der Waals surface area contributed by atoms with E-state index in [0.29, 0.717) is 31.5 Å². The third kappa shape index (κ3) is 3.80. The van der Waals surface area contributed by atoms with E-state index in [1.165, 1.54) is 0 Å². The van der Waals surface area contributed by atoms with Crippen molar-refractivity contribution in [2.24, 2.45) is 0 Å². The van der Waals surface area contributed by atoms with E-state index >= 15 is 0 Å². The van der Waals surface area contributed by atoms with Gasteiger partial charge in [-0.3, -0.25) is 19.7 Å². The van der Waals surface area contributed by atoms with Gasteiger partial charge in [-0.2, -0.15) is 0 Å². The zero-order valence-corrected chi connectivity index (χ0v) is 17.0. The first-order valence-electron chi connectivity index (χ1n) is 10.3. The summed E-state index contributed by atoms with van der Waals surface area (Å²) in [6, 6.07) is 15.2. The average Bonchev–Trinajstić information content (AvgIpc) is 3.08. The van der Waals surface area contributed by atoms with Crippen LogP contribution in [0.2, 0.25) is 0 Å². The summed E-state index contributed by atoms with van der Waals surface area (Å²) in [5.41, 5.74) is 3.40. The lowest BCUT2D eigenvalue weighted by Gasteiger charge is -2.38. The molecule has 2 aliphatic rings. The molecule has 3 aromatic rings. The second kappa shape index (κ2) is 7.92. The van der Waals surface area contributed by atoms with E-state index < -0.39 is 5.60 Å². The molecule has 0 radical (unpaired) electrons. The molecule has 5 rings (SSSR count). The van der Waals surface area contributed by atoms with Crippen molar-refractivity contribution >= 4 is 17.6 Å². The Hall–Kier alpha value is -3.58. The van der Waals surface area contributed by atoms with Crippen LogP contribution in [0.1, 0.15) is 28.8 Å². The van der Waals surface area contributed by atoms with Gasteiger partial charge in [-0.25, -0.2) is 4.79 Å². The molecular weight excluding hydrogens is 392 g/mol. The number of hydrogen-bond donors (Lipinski definition) is 1. The smallest absolute Gasteiger partial charge is 0.339 e. The standard InChI is InChI=1S/C24H22N4O3/c29-22(27-18-6-11-26-21(14-18)17-4-2-1-3-5-17)16-28-12-8-24(9-13-28)20-15-25-10-7-19(20)23(30)31-24/h1-7,10-11,14-15H,8-9,12-13,16H2,(H,26,27,29). The molecule has 1 fully saturated rings. The van der Waals surface area contributed by atoms with Crippen LogP contribution in [0.25, 0.3) is 11.3 Å². The summed E-state index contributed by atoms with van der Waals surface area (Å²) < 4.78 is 5.75. The Balaban J connectivity index is 1.20. The van der Waals surface area contributed by atoms with Crippen LogP contribution in [0.3, 0.4) is 0 Å². The monoisotopic (exact) mass is 414 g/mol. The first kappa shape index (κ1) is 19.4. The molecule has 0 unspecified atom stereocenters. The van der Waals surface area contributed by atoms with E-state index in [1.807, 2.05) is 36.4 Å². The lowest BCUT2D eigenvalue weighted by molar-refractivity contribution is -0.118. The van der Waals surface area contributed by atoms with E-state index in [4.69, 9.17) is 4.74 Å². The van der Waals surface area contributed by atoms with Gasteiger partial charge in [0.25, 0.3) is 0 Å². The number of anilines is 1. The van der Waals surface area contributed by atoms with E-state index in [-0.39, 0.29) is 18.4 Å². The largest absolute Gasteiger partial charge is 0.450 e. The Morgan fingerprint density at radius 3 is 2.71 bits per heavy atom. The minimum Gasteiger partial charge on any atom is -0.450 e. The number of pyridine rings is 2. The molecule has 1 amide bonds. The van der Waals surface area contributed by atoms with Crippen LogP contribution in [0, 0.1) is 0 Å². The first-order valence-corrected chi connectivity index (χ1v) is 10.3. The van der Waals surface area contributed by atoms with E-state index in [1.54, 1.807) is 30.7 Å². The zero-order chi connectivity index (χ0) is 21.3. The van der Waals surface area contributed by atoms with E-state index in [0.717, 1.165) is 22.5 Å². The molecule has 2 aliphatic heterocycles. The number of benzene rings is 1. The average molecular weight is 414 g/mol. The number of fused-ring (bicyclic) bond motifs is 2. The van der Waals surface area contributed by atoms with Crippen LogP contribution in [-0.2, 0) is 15.1 Å². The summed E-state index contributed by atoms with van der Waals surface area (Å²) in [6.45, 7) is 1.62. The maximum absolute atomic E-state index is 12.6. The summed E-state index contributed by atoms with van der Waals surface area (Å²) in [5, 5.41) is 2.97. The number of carbonyl (C=O) groups excluding carboxylic acids is 2. The van der Waals surface area contributed by atoms with Crippen LogP contribution in [0.15, 0.2) is 67.1 Å². The van der Waals surface area contributed by atoms with Crippen molar-refractivity contribution in [3.8, 4) is 11.3 Å². The zero-order valence-electron chi connectivity index (χ0n) is 17.0. The van der Waals surface area contributed by atoms with Gasteiger partial charge in [-0.05, 0) is 18.2 Å². The first-order chi connectivity index (χ1) is 15.1. The van der Waals surface area contributed by atoms with Gasteiger partial charge >= 0.3 is 5.97 Å². The highest BCUT2D eigenvalue weighted by Gasteiger charge is 2.47. The molecule has 31 heavy (non-hydrogen) atoms. The molecule has 4 heterocycles. The lowest BCUT2D eigenvalue weighted by Crippen LogP contribution is -2.45. The third-order valence-electron chi connectivity index (χ3n) is 5.96. The number of esters is 1. The minimum atomic E-state index is -0.608. The molecule has 1 spiro atoms. The highest BCUT2D eigenvalue weighted by molar-refractivity contribution is 5.94. The number of rotatable bonds is 4. The van der Waals surface area contributed by atoms with Gasteiger partial charge < -0.3 is 10.1 Å². The SMILES string of the molecule is O=C(CN1CCC2(CC1)OC(=O)c1ccncc12)Nc1ccnc(-c2ccccc2)c1. The molecule has 1 N–H and O–H groups in total. The van der Waals surface area contributed by atoms with Crippen molar-refractivity contribution in [2.45, 2.75) is 18.4 Å². The van der Waals surface area contributed by atoms with Gasteiger partial charge in [0.15, 0.2) is 0 Å². The fraction of sp³-hybridized carbons (Fsp3) is 0.250. The van der Waals surface area contributed by atoms with E-state index in [9.17, 15) is 9.59 Å². The number of hydrogen-bond acceptors (Lipinski definition) is 6. The number of aromatic nitrogens is 2. The van der Waals surface area contributed by atoms with Crippen molar-refractivity contribution in [2.75, 3.05) is 25.0 Å². The summed E-state index contributed by atoms with van der Waals surface area (Å²) >= 11 is 0. The van der Waals surface area contributed by atoms with Gasteiger partial charge in [0.2, 0.25) is 5.91 Å². The molecule has 156 valence electrons. The fourth-order valence-electron chi connectivity index (χ4n) is 4.35. The summed E-state index contributed by atoms with van der Waals surface area (Å²) in [5.74, 6) is -0.359. The Kier molecular flexibility index (Phi) is 4.95.